The number of allylic oxidation sites excluding steroid dienone is 2. The van der Waals surface area contributed by atoms with Crippen molar-refractivity contribution >= 4 is 23.4 Å². The maximum Gasteiger partial charge on any atom is 0.317 e. The first-order valence-corrected chi connectivity index (χ1v) is 5.68. The zero-order chi connectivity index (χ0) is 11.3. The van der Waals surface area contributed by atoms with Crippen LogP contribution in [0.15, 0.2) is 11.6 Å². The van der Waals surface area contributed by atoms with Crippen LogP contribution in [0.4, 0.5) is 0 Å². The molecule has 0 aromatic heterocycles. The molecule has 0 heterocycles. The highest BCUT2D eigenvalue weighted by molar-refractivity contribution is 6.17. The van der Waals surface area contributed by atoms with Crippen molar-refractivity contribution in [2.45, 2.75) is 26.2 Å². The molecule has 0 spiro atoms. The zero-order valence-electron chi connectivity index (χ0n) is 8.79. The molecule has 1 aliphatic rings. The lowest BCUT2D eigenvalue weighted by molar-refractivity contribution is -0.150. The molecule has 3 nitrogen and oxygen atoms in total. The summed E-state index contributed by atoms with van der Waals surface area (Å²) >= 11 is 5.56. The number of ketones is 1. The minimum absolute atomic E-state index is 0.127. The molecule has 4 heteroatoms. The molecule has 0 saturated heterocycles. The number of ether oxygens (including phenoxy) is 1. The van der Waals surface area contributed by atoms with Gasteiger partial charge in [-0.25, -0.2) is 0 Å². The Hall–Kier alpha value is -0.830. The van der Waals surface area contributed by atoms with Gasteiger partial charge in [0.15, 0.2) is 5.78 Å². The molecule has 0 saturated carbocycles. The first-order chi connectivity index (χ1) is 7.19. The standard InChI is InChI=1S/C11H15ClO3/c1-2-15-11(14)9-6-8(4-3-5-12)7-10(9)13/h7,9H,2-6H2,1H3. The predicted molar refractivity (Wildman–Crippen MR) is 57.8 cm³/mol. The van der Waals surface area contributed by atoms with E-state index < -0.39 is 11.9 Å². The summed E-state index contributed by atoms with van der Waals surface area (Å²) in [6.45, 7) is 2.05. The molecule has 0 fully saturated rings. The van der Waals surface area contributed by atoms with Crippen LogP contribution in [0.25, 0.3) is 0 Å². The van der Waals surface area contributed by atoms with E-state index >= 15 is 0 Å². The van der Waals surface area contributed by atoms with Crippen molar-refractivity contribution in [3.63, 3.8) is 0 Å². The number of carbonyl (C=O) groups is 2. The summed E-state index contributed by atoms with van der Waals surface area (Å²) in [5, 5.41) is 0. The van der Waals surface area contributed by atoms with Gasteiger partial charge in [-0.1, -0.05) is 5.57 Å². The summed E-state index contributed by atoms with van der Waals surface area (Å²) in [6, 6.07) is 0. The van der Waals surface area contributed by atoms with Gasteiger partial charge < -0.3 is 4.74 Å². The van der Waals surface area contributed by atoms with Gasteiger partial charge in [0.25, 0.3) is 0 Å². The van der Waals surface area contributed by atoms with Crippen LogP contribution in [0.5, 0.6) is 0 Å². The second-order valence-corrected chi connectivity index (χ2v) is 3.88. The average molecular weight is 231 g/mol. The van der Waals surface area contributed by atoms with Crippen LogP contribution < -0.4 is 0 Å². The Labute approximate surface area is 94.4 Å². The lowest BCUT2D eigenvalue weighted by atomic mass is 10.0. The van der Waals surface area contributed by atoms with Gasteiger partial charge in [-0.15, -0.1) is 11.6 Å². The minimum atomic E-state index is -0.602. The van der Waals surface area contributed by atoms with Gasteiger partial charge in [-0.3, -0.25) is 9.59 Å². The first kappa shape index (κ1) is 12.2. The van der Waals surface area contributed by atoms with E-state index in [2.05, 4.69) is 0 Å². The van der Waals surface area contributed by atoms with Gasteiger partial charge >= 0.3 is 5.97 Å². The molecule has 0 aromatic rings. The molecule has 1 rings (SSSR count). The molecule has 0 aromatic carbocycles. The number of halogens is 1. The number of hydrogen-bond acceptors (Lipinski definition) is 3. The Morgan fingerprint density at radius 2 is 2.40 bits per heavy atom. The van der Waals surface area contributed by atoms with Crippen LogP contribution in [0.3, 0.4) is 0 Å². The maximum absolute atomic E-state index is 11.5. The number of rotatable bonds is 5. The molecule has 1 atom stereocenters. The fourth-order valence-corrected chi connectivity index (χ4v) is 1.77. The topological polar surface area (TPSA) is 43.4 Å². The second kappa shape index (κ2) is 5.91. The summed E-state index contributed by atoms with van der Waals surface area (Å²) in [5.74, 6) is -0.553. The summed E-state index contributed by atoms with van der Waals surface area (Å²) in [7, 11) is 0. The first-order valence-electron chi connectivity index (χ1n) is 5.15. The second-order valence-electron chi connectivity index (χ2n) is 3.51. The van der Waals surface area contributed by atoms with Crippen molar-refractivity contribution in [3.05, 3.63) is 11.6 Å². The molecular weight excluding hydrogens is 216 g/mol. The van der Waals surface area contributed by atoms with Gasteiger partial charge in [0.05, 0.1) is 6.61 Å². The summed E-state index contributed by atoms with van der Waals surface area (Å²) in [5.41, 5.74) is 1.01. The third-order valence-electron chi connectivity index (χ3n) is 2.36. The Morgan fingerprint density at radius 1 is 1.67 bits per heavy atom. The minimum Gasteiger partial charge on any atom is -0.465 e. The Kier molecular flexibility index (Phi) is 4.82. The van der Waals surface area contributed by atoms with E-state index in [0.29, 0.717) is 18.9 Å². The van der Waals surface area contributed by atoms with Gasteiger partial charge in [-0.05, 0) is 32.3 Å². The van der Waals surface area contributed by atoms with E-state index in [4.69, 9.17) is 16.3 Å². The smallest absolute Gasteiger partial charge is 0.317 e. The monoisotopic (exact) mass is 230 g/mol. The van der Waals surface area contributed by atoms with Crippen LogP contribution in [0, 0.1) is 5.92 Å². The van der Waals surface area contributed by atoms with E-state index in [1.807, 2.05) is 0 Å². The largest absolute Gasteiger partial charge is 0.465 e. The molecule has 15 heavy (non-hydrogen) atoms. The van der Waals surface area contributed by atoms with Crippen LogP contribution in [-0.4, -0.2) is 24.2 Å². The lowest BCUT2D eigenvalue weighted by Gasteiger charge is -2.07. The molecule has 0 aliphatic heterocycles. The maximum atomic E-state index is 11.5. The fraction of sp³-hybridized carbons (Fsp3) is 0.636. The van der Waals surface area contributed by atoms with Crippen molar-refractivity contribution in [1.82, 2.24) is 0 Å². The van der Waals surface area contributed by atoms with Crippen LogP contribution in [0.1, 0.15) is 26.2 Å². The Bertz CT molecular complexity index is 284. The normalized spacial score (nSPS) is 20.3. The van der Waals surface area contributed by atoms with Gasteiger partial charge in [0.2, 0.25) is 0 Å². The van der Waals surface area contributed by atoms with Gasteiger partial charge in [0, 0.05) is 5.88 Å². The van der Waals surface area contributed by atoms with E-state index in [1.165, 1.54) is 0 Å². The average Bonchev–Trinajstić information content (AvgIpc) is 2.57. The number of alkyl halides is 1. The molecule has 0 N–H and O–H groups in total. The Balaban J connectivity index is 2.48. The Morgan fingerprint density at radius 3 is 3.00 bits per heavy atom. The molecule has 0 bridgehead atoms. The zero-order valence-corrected chi connectivity index (χ0v) is 9.55. The SMILES string of the molecule is CCOC(=O)C1CC(CCCCl)=CC1=O. The molecule has 1 unspecified atom stereocenters. The van der Waals surface area contributed by atoms with Crippen molar-refractivity contribution in [3.8, 4) is 0 Å². The highest BCUT2D eigenvalue weighted by Crippen LogP contribution is 2.26. The predicted octanol–water partition coefficient (Wildman–Crippen LogP) is 2.08. The van der Waals surface area contributed by atoms with E-state index in [0.717, 1.165) is 18.4 Å². The van der Waals surface area contributed by atoms with E-state index in [-0.39, 0.29) is 5.78 Å². The van der Waals surface area contributed by atoms with Crippen molar-refractivity contribution < 1.29 is 14.3 Å². The lowest BCUT2D eigenvalue weighted by Crippen LogP contribution is -2.21. The summed E-state index contributed by atoms with van der Waals surface area (Å²) in [4.78, 5) is 22.8. The molecule has 84 valence electrons. The van der Waals surface area contributed by atoms with E-state index in [1.54, 1.807) is 13.0 Å². The summed E-state index contributed by atoms with van der Waals surface area (Å²) in [6.07, 6.45) is 3.71. The van der Waals surface area contributed by atoms with Crippen molar-refractivity contribution in [1.29, 1.82) is 0 Å². The van der Waals surface area contributed by atoms with Crippen molar-refractivity contribution in [2.75, 3.05) is 12.5 Å². The van der Waals surface area contributed by atoms with Crippen LogP contribution in [-0.2, 0) is 14.3 Å². The third kappa shape index (κ3) is 3.34. The van der Waals surface area contributed by atoms with Crippen LogP contribution in [0.2, 0.25) is 0 Å². The van der Waals surface area contributed by atoms with Gasteiger partial charge in [0.1, 0.15) is 5.92 Å². The third-order valence-corrected chi connectivity index (χ3v) is 2.63. The highest BCUT2D eigenvalue weighted by Gasteiger charge is 2.32. The molecule has 0 amide bonds. The number of esters is 1. The molecular formula is C11H15ClO3. The van der Waals surface area contributed by atoms with E-state index in [9.17, 15) is 9.59 Å². The van der Waals surface area contributed by atoms with Crippen LogP contribution >= 0.6 is 11.6 Å². The number of carbonyl (C=O) groups excluding carboxylic acids is 2. The highest BCUT2D eigenvalue weighted by atomic mass is 35.5. The van der Waals surface area contributed by atoms with Gasteiger partial charge in [-0.2, -0.15) is 0 Å². The number of hydrogen-bond donors (Lipinski definition) is 0. The quantitative estimate of drug-likeness (QED) is 0.413. The van der Waals surface area contributed by atoms with Crippen molar-refractivity contribution in [2.24, 2.45) is 5.92 Å². The molecule has 0 radical (unpaired) electrons. The summed E-state index contributed by atoms with van der Waals surface area (Å²) < 4.78 is 4.83. The molecule has 1 aliphatic carbocycles. The fourth-order valence-electron chi connectivity index (χ4n) is 1.63.